The maximum absolute atomic E-state index is 13.4. The van der Waals surface area contributed by atoms with Crippen molar-refractivity contribution in [1.29, 1.82) is 0 Å². The van der Waals surface area contributed by atoms with E-state index in [0.29, 0.717) is 11.0 Å². The van der Waals surface area contributed by atoms with Gasteiger partial charge in [0.2, 0.25) is 0 Å². The second-order valence-electron chi connectivity index (χ2n) is 4.83. The van der Waals surface area contributed by atoms with Gasteiger partial charge in [-0.05, 0) is 60.4 Å². The highest BCUT2D eigenvalue weighted by atomic mass is 79.9. The van der Waals surface area contributed by atoms with Gasteiger partial charge < -0.3 is 9.73 Å². The van der Waals surface area contributed by atoms with E-state index in [0.717, 1.165) is 5.76 Å². The van der Waals surface area contributed by atoms with Crippen molar-refractivity contribution in [3.63, 3.8) is 0 Å². The lowest BCUT2D eigenvalue weighted by molar-refractivity contribution is 0.0938. The number of likely N-dealkylation sites (N-methyl/N-ethyl adjacent to an activating group) is 1. The Morgan fingerprint density at radius 1 is 1.43 bits per heavy atom. The summed E-state index contributed by atoms with van der Waals surface area (Å²) in [7, 11) is 3.80. The SMILES string of the molecule is CN(C)C(CNC(=O)c1ccc(Br)c(F)c1)c1ccco1. The van der Waals surface area contributed by atoms with E-state index in [1.165, 1.54) is 12.1 Å². The van der Waals surface area contributed by atoms with Crippen LogP contribution in [0.15, 0.2) is 45.5 Å². The zero-order valence-electron chi connectivity index (χ0n) is 11.8. The first-order valence-corrected chi connectivity index (χ1v) is 7.21. The lowest BCUT2D eigenvalue weighted by Gasteiger charge is -2.22. The van der Waals surface area contributed by atoms with Gasteiger partial charge >= 0.3 is 0 Å². The normalized spacial score (nSPS) is 12.4. The Labute approximate surface area is 131 Å². The summed E-state index contributed by atoms with van der Waals surface area (Å²) in [5.74, 6) is -0.0139. The first-order chi connectivity index (χ1) is 9.99. The summed E-state index contributed by atoms with van der Waals surface area (Å²) in [6.45, 7) is 0.372. The van der Waals surface area contributed by atoms with Crippen LogP contribution in [0.5, 0.6) is 0 Å². The molecular formula is C15H16BrFN2O2. The summed E-state index contributed by atoms with van der Waals surface area (Å²) in [6.07, 6.45) is 1.59. The Morgan fingerprint density at radius 2 is 2.19 bits per heavy atom. The summed E-state index contributed by atoms with van der Waals surface area (Å²) in [5.41, 5.74) is 0.285. The molecule has 6 heteroatoms. The average molecular weight is 355 g/mol. The molecule has 2 aromatic rings. The van der Waals surface area contributed by atoms with Crippen LogP contribution in [-0.4, -0.2) is 31.4 Å². The fraction of sp³-hybridized carbons (Fsp3) is 0.267. The van der Waals surface area contributed by atoms with Crippen molar-refractivity contribution in [1.82, 2.24) is 10.2 Å². The van der Waals surface area contributed by atoms with Gasteiger partial charge in [0.1, 0.15) is 11.6 Å². The summed E-state index contributed by atoms with van der Waals surface area (Å²) in [6, 6.07) is 7.87. The standard InChI is InChI=1S/C15H16BrFN2O2/c1-19(2)13(14-4-3-7-21-14)9-18-15(20)10-5-6-11(16)12(17)8-10/h3-8,13H,9H2,1-2H3,(H,18,20). The van der Waals surface area contributed by atoms with Gasteiger partial charge in [-0.3, -0.25) is 9.69 Å². The fourth-order valence-electron chi connectivity index (χ4n) is 1.95. The molecule has 1 atom stereocenters. The fourth-order valence-corrected chi connectivity index (χ4v) is 2.19. The van der Waals surface area contributed by atoms with E-state index in [1.807, 2.05) is 25.1 Å². The van der Waals surface area contributed by atoms with Gasteiger partial charge in [0, 0.05) is 12.1 Å². The average Bonchev–Trinajstić information content (AvgIpc) is 2.95. The molecule has 0 aliphatic carbocycles. The van der Waals surface area contributed by atoms with Crippen LogP contribution in [0.1, 0.15) is 22.2 Å². The second kappa shape index (κ2) is 6.87. The molecule has 112 valence electrons. The number of hydrogen-bond donors (Lipinski definition) is 1. The first kappa shape index (κ1) is 15.7. The van der Waals surface area contributed by atoms with Crippen LogP contribution in [0, 0.1) is 5.82 Å². The summed E-state index contributed by atoms with van der Waals surface area (Å²) in [5, 5.41) is 2.79. The zero-order chi connectivity index (χ0) is 15.4. The van der Waals surface area contributed by atoms with E-state index >= 15 is 0 Å². The molecule has 0 aliphatic heterocycles. The van der Waals surface area contributed by atoms with Crippen molar-refractivity contribution in [3.8, 4) is 0 Å². The predicted molar refractivity (Wildman–Crippen MR) is 81.6 cm³/mol. The molecule has 4 nitrogen and oxygen atoms in total. The number of rotatable bonds is 5. The van der Waals surface area contributed by atoms with Gasteiger partial charge in [-0.2, -0.15) is 0 Å². The van der Waals surface area contributed by atoms with Gasteiger partial charge in [-0.1, -0.05) is 0 Å². The van der Waals surface area contributed by atoms with Crippen LogP contribution in [0.2, 0.25) is 0 Å². The van der Waals surface area contributed by atoms with Crippen LogP contribution in [-0.2, 0) is 0 Å². The zero-order valence-corrected chi connectivity index (χ0v) is 13.4. The van der Waals surface area contributed by atoms with Gasteiger partial charge in [0.25, 0.3) is 5.91 Å². The molecule has 0 bridgehead atoms. The maximum Gasteiger partial charge on any atom is 0.251 e. The minimum Gasteiger partial charge on any atom is -0.468 e. The van der Waals surface area contributed by atoms with Gasteiger partial charge in [0.15, 0.2) is 0 Å². The van der Waals surface area contributed by atoms with E-state index in [9.17, 15) is 9.18 Å². The van der Waals surface area contributed by atoms with Crippen LogP contribution < -0.4 is 5.32 Å². The highest BCUT2D eigenvalue weighted by molar-refractivity contribution is 9.10. The van der Waals surface area contributed by atoms with Crippen molar-refractivity contribution in [2.24, 2.45) is 0 Å². The van der Waals surface area contributed by atoms with Crippen molar-refractivity contribution in [2.75, 3.05) is 20.6 Å². The summed E-state index contributed by atoms with van der Waals surface area (Å²) < 4.78 is 19.1. The van der Waals surface area contributed by atoms with E-state index in [-0.39, 0.29) is 17.5 Å². The number of carbonyl (C=O) groups is 1. The largest absolute Gasteiger partial charge is 0.468 e. The van der Waals surface area contributed by atoms with Crippen LogP contribution >= 0.6 is 15.9 Å². The summed E-state index contributed by atoms with van der Waals surface area (Å²) in [4.78, 5) is 14.0. The topological polar surface area (TPSA) is 45.5 Å². The molecular weight excluding hydrogens is 339 g/mol. The molecule has 1 amide bonds. The lowest BCUT2D eigenvalue weighted by atomic mass is 10.1. The Bertz CT molecular complexity index is 614. The smallest absolute Gasteiger partial charge is 0.251 e. The van der Waals surface area contributed by atoms with Gasteiger partial charge in [-0.15, -0.1) is 0 Å². The minimum absolute atomic E-state index is 0.0794. The third kappa shape index (κ3) is 3.92. The van der Waals surface area contributed by atoms with E-state index in [1.54, 1.807) is 18.4 Å². The minimum atomic E-state index is -0.460. The maximum atomic E-state index is 13.4. The molecule has 0 saturated heterocycles. The number of hydrogen-bond acceptors (Lipinski definition) is 3. The Kier molecular flexibility index (Phi) is 5.14. The molecule has 2 rings (SSSR count). The number of carbonyl (C=O) groups excluding carboxylic acids is 1. The van der Waals surface area contributed by atoms with Gasteiger partial charge in [0.05, 0.1) is 16.8 Å². The van der Waals surface area contributed by atoms with Crippen molar-refractivity contribution < 1.29 is 13.6 Å². The molecule has 0 radical (unpaired) electrons. The first-order valence-electron chi connectivity index (χ1n) is 6.42. The quantitative estimate of drug-likeness (QED) is 0.896. The Balaban J connectivity index is 2.03. The third-order valence-corrected chi connectivity index (χ3v) is 3.78. The third-order valence-electron chi connectivity index (χ3n) is 3.13. The van der Waals surface area contributed by atoms with E-state index in [4.69, 9.17) is 4.42 Å². The van der Waals surface area contributed by atoms with Crippen LogP contribution in [0.4, 0.5) is 4.39 Å². The van der Waals surface area contributed by atoms with Crippen molar-refractivity contribution in [2.45, 2.75) is 6.04 Å². The molecule has 0 spiro atoms. The number of nitrogens with zero attached hydrogens (tertiary/aromatic N) is 1. The lowest BCUT2D eigenvalue weighted by Crippen LogP contribution is -2.34. The van der Waals surface area contributed by atoms with E-state index in [2.05, 4.69) is 21.2 Å². The molecule has 1 heterocycles. The van der Waals surface area contributed by atoms with Crippen molar-refractivity contribution in [3.05, 3.63) is 58.2 Å². The number of amides is 1. The predicted octanol–water partition coefficient (Wildman–Crippen LogP) is 3.21. The Morgan fingerprint density at radius 3 is 2.76 bits per heavy atom. The Hall–Kier alpha value is -1.66. The number of nitrogens with one attached hydrogen (secondary N) is 1. The van der Waals surface area contributed by atoms with Crippen molar-refractivity contribution >= 4 is 21.8 Å². The molecule has 0 fully saturated rings. The van der Waals surface area contributed by atoms with Crippen LogP contribution in [0.3, 0.4) is 0 Å². The number of benzene rings is 1. The highest BCUT2D eigenvalue weighted by Crippen LogP contribution is 2.19. The van der Waals surface area contributed by atoms with Gasteiger partial charge in [-0.25, -0.2) is 4.39 Å². The molecule has 1 aromatic heterocycles. The molecule has 0 saturated carbocycles. The second-order valence-corrected chi connectivity index (χ2v) is 5.69. The summed E-state index contributed by atoms with van der Waals surface area (Å²) >= 11 is 3.06. The van der Waals surface area contributed by atoms with E-state index < -0.39 is 5.82 Å². The molecule has 0 aliphatic rings. The number of halogens is 2. The molecule has 1 aromatic carbocycles. The highest BCUT2D eigenvalue weighted by Gasteiger charge is 2.18. The monoisotopic (exact) mass is 354 g/mol. The molecule has 1 unspecified atom stereocenters. The van der Waals surface area contributed by atoms with Crippen LogP contribution in [0.25, 0.3) is 0 Å². The molecule has 21 heavy (non-hydrogen) atoms. The molecule has 1 N–H and O–H groups in total. The number of furan rings is 1.